The van der Waals surface area contributed by atoms with Gasteiger partial charge in [-0.2, -0.15) is 0 Å². The molecule has 0 N–H and O–H groups in total. The molecule has 0 unspecified atom stereocenters. The SMILES string of the molecule is CC1(C)c2ccccc2-c2c1ccc1c2Oc2cc(-c3ccccc3-c3cc(-c4ccc(-n5c6ccccc6c6ccccc65)cc4)nc(-c4ccccc4)n3)ccc2O1. The van der Waals surface area contributed by atoms with E-state index in [1.54, 1.807) is 0 Å². The van der Waals surface area contributed by atoms with Crippen LogP contribution in [0.2, 0.25) is 0 Å². The summed E-state index contributed by atoms with van der Waals surface area (Å²) in [5.74, 6) is 3.53. The van der Waals surface area contributed by atoms with Gasteiger partial charge in [0.25, 0.3) is 0 Å². The maximum atomic E-state index is 6.86. The van der Waals surface area contributed by atoms with Crippen molar-refractivity contribution in [1.82, 2.24) is 14.5 Å². The van der Waals surface area contributed by atoms with Gasteiger partial charge in [-0.15, -0.1) is 0 Å². The number of rotatable bonds is 5. The van der Waals surface area contributed by atoms with Crippen molar-refractivity contribution < 1.29 is 9.47 Å². The summed E-state index contributed by atoms with van der Waals surface area (Å²) in [5, 5.41) is 2.48. The van der Waals surface area contributed by atoms with Gasteiger partial charge in [-0.1, -0.05) is 153 Å². The molecule has 10 aromatic rings. The fraction of sp³-hybridized carbons (Fsp3) is 0.0545. The quantitative estimate of drug-likeness (QED) is 0.175. The number of aromatic nitrogens is 3. The lowest BCUT2D eigenvalue weighted by Gasteiger charge is -2.25. The summed E-state index contributed by atoms with van der Waals surface area (Å²) in [6, 6.07) is 65.7. The predicted octanol–water partition coefficient (Wildman–Crippen LogP) is 14.4. The predicted molar refractivity (Wildman–Crippen MR) is 242 cm³/mol. The molecule has 0 spiro atoms. The van der Waals surface area contributed by atoms with E-state index in [4.69, 9.17) is 19.4 Å². The molecule has 5 heteroatoms. The van der Waals surface area contributed by atoms with Crippen molar-refractivity contribution in [3.8, 4) is 84.8 Å². The molecule has 0 bridgehead atoms. The van der Waals surface area contributed by atoms with Gasteiger partial charge in [0, 0.05) is 44.1 Å². The van der Waals surface area contributed by atoms with Gasteiger partial charge < -0.3 is 14.0 Å². The van der Waals surface area contributed by atoms with Gasteiger partial charge in [0.05, 0.1) is 22.4 Å². The molecule has 1 aliphatic carbocycles. The van der Waals surface area contributed by atoms with E-state index in [0.29, 0.717) is 17.3 Å². The Morgan fingerprint density at radius 3 is 1.82 bits per heavy atom. The molecule has 284 valence electrons. The zero-order chi connectivity index (χ0) is 40.0. The molecule has 12 rings (SSSR count). The Labute approximate surface area is 347 Å². The van der Waals surface area contributed by atoms with Gasteiger partial charge in [-0.3, -0.25) is 0 Å². The summed E-state index contributed by atoms with van der Waals surface area (Å²) in [6.45, 7) is 4.56. The molecule has 0 fully saturated rings. The molecule has 5 nitrogen and oxygen atoms in total. The lowest BCUT2D eigenvalue weighted by molar-refractivity contribution is 0.360. The lowest BCUT2D eigenvalue weighted by Crippen LogP contribution is -2.15. The Balaban J connectivity index is 0.951. The lowest BCUT2D eigenvalue weighted by atomic mass is 9.82. The van der Waals surface area contributed by atoms with Crippen molar-refractivity contribution in [2.45, 2.75) is 19.3 Å². The van der Waals surface area contributed by atoms with Gasteiger partial charge in [0.15, 0.2) is 28.8 Å². The molecule has 3 heterocycles. The third-order valence-corrected chi connectivity index (χ3v) is 12.3. The first kappa shape index (κ1) is 34.3. The number of ether oxygens (including phenoxy) is 2. The van der Waals surface area contributed by atoms with Crippen LogP contribution in [-0.4, -0.2) is 14.5 Å². The first-order valence-electron chi connectivity index (χ1n) is 20.4. The van der Waals surface area contributed by atoms with E-state index in [0.717, 1.165) is 62.0 Å². The third kappa shape index (κ3) is 5.26. The highest BCUT2D eigenvalue weighted by Crippen LogP contribution is 2.58. The highest BCUT2D eigenvalue weighted by molar-refractivity contribution is 6.09. The van der Waals surface area contributed by atoms with Gasteiger partial charge in [0.1, 0.15) is 0 Å². The first-order valence-corrected chi connectivity index (χ1v) is 20.4. The van der Waals surface area contributed by atoms with Gasteiger partial charge in [-0.25, -0.2) is 9.97 Å². The zero-order valence-corrected chi connectivity index (χ0v) is 33.1. The maximum absolute atomic E-state index is 6.86. The number of hydrogen-bond acceptors (Lipinski definition) is 4. The molecule has 2 aromatic heterocycles. The van der Waals surface area contributed by atoms with Crippen LogP contribution in [0.4, 0.5) is 0 Å². The standard InChI is InChI=1S/C55H37N3O2/c1-55(2)43-21-11-8-20-42(43)52-44(55)29-31-50-53(52)60-51-32-36(26-30-49(51)59-50)38-16-6-7-17-39(38)46-33-45(56-54(57-46)35-14-4-3-5-15-35)34-24-27-37(28-25-34)58-47-22-12-9-18-40(47)41-19-10-13-23-48(41)58/h3-33H,1-2H3. The van der Waals surface area contributed by atoms with Crippen LogP contribution >= 0.6 is 0 Å². The van der Waals surface area contributed by atoms with E-state index < -0.39 is 0 Å². The summed E-state index contributed by atoms with van der Waals surface area (Å²) < 4.78 is 15.7. The van der Waals surface area contributed by atoms with Crippen LogP contribution in [0.5, 0.6) is 23.0 Å². The molecule has 0 amide bonds. The summed E-state index contributed by atoms with van der Waals surface area (Å²) in [4.78, 5) is 10.4. The zero-order valence-electron chi connectivity index (χ0n) is 33.1. The van der Waals surface area contributed by atoms with Crippen molar-refractivity contribution in [2.24, 2.45) is 0 Å². The van der Waals surface area contributed by atoms with Crippen LogP contribution < -0.4 is 9.47 Å². The first-order chi connectivity index (χ1) is 29.5. The third-order valence-electron chi connectivity index (χ3n) is 12.3. The number of benzene rings is 8. The molecule has 0 saturated carbocycles. The molecule has 1 aliphatic heterocycles. The Bertz CT molecular complexity index is 3290. The molecule has 0 atom stereocenters. The van der Waals surface area contributed by atoms with Crippen molar-refractivity contribution >= 4 is 21.8 Å². The highest BCUT2D eigenvalue weighted by Gasteiger charge is 2.39. The number of fused-ring (bicyclic) bond motifs is 9. The van der Waals surface area contributed by atoms with Crippen LogP contribution in [0.15, 0.2) is 188 Å². The minimum absolute atomic E-state index is 0.144. The van der Waals surface area contributed by atoms with Crippen molar-refractivity contribution in [3.05, 3.63) is 199 Å². The molecule has 8 aromatic carbocycles. The smallest absolute Gasteiger partial charge is 0.178 e. The van der Waals surface area contributed by atoms with E-state index in [2.05, 4.69) is 176 Å². The van der Waals surface area contributed by atoms with Crippen LogP contribution in [-0.2, 0) is 5.41 Å². The van der Waals surface area contributed by atoms with E-state index >= 15 is 0 Å². The molecule has 2 aliphatic rings. The second kappa shape index (κ2) is 13.1. The topological polar surface area (TPSA) is 49.2 Å². The molecular weight excluding hydrogens is 735 g/mol. The Kier molecular flexibility index (Phi) is 7.51. The monoisotopic (exact) mass is 771 g/mol. The highest BCUT2D eigenvalue weighted by atomic mass is 16.6. The Morgan fingerprint density at radius 2 is 1.05 bits per heavy atom. The minimum Gasteiger partial charge on any atom is -0.449 e. The van der Waals surface area contributed by atoms with Gasteiger partial charge >= 0.3 is 0 Å². The second-order valence-corrected chi connectivity index (χ2v) is 16.1. The largest absolute Gasteiger partial charge is 0.449 e. The molecule has 60 heavy (non-hydrogen) atoms. The fourth-order valence-corrected chi connectivity index (χ4v) is 9.38. The number of nitrogens with zero attached hydrogens (tertiary/aromatic N) is 3. The molecule has 0 radical (unpaired) electrons. The van der Waals surface area contributed by atoms with E-state index in [1.165, 1.54) is 38.5 Å². The second-order valence-electron chi connectivity index (χ2n) is 16.1. The van der Waals surface area contributed by atoms with Crippen LogP contribution in [0, 0.1) is 0 Å². The fourth-order valence-electron chi connectivity index (χ4n) is 9.38. The van der Waals surface area contributed by atoms with Crippen LogP contribution in [0.25, 0.3) is 83.6 Å². The maximum Gasteiger partial charge on any atom is 0.178 e. The normalized spacial score (nSPS) is 13.2. The number of para-hydroxylation sites is 2. The molecular formula is C55H37N3O2. The van der Waals surface area contributed by atoms with Crippen LogP contribution in [0.1, 0.15) is 25.0 Å². The Morgan fingerprint density at radius 1 is 0.433 bits per heavy atom. The van der Waals surface area contributed by atoms with E-state index in [1.807, 2.05) is 30.3 Å². The summed E-state index contributed by atoms with van der Waals surface area (Å²) in [5.41, 5.74) is 14.8. The summed E-state index contributed by atoms with van der Waals surface area (Å²) >= 11 is 0. The average molecular weight is 772 g/mol. The summed E-state index contributed by atoms with van der Waals surface area (Å²) in [6.07, 6.45) is 0. The minimum atomic E-state index is -0.144. The van der Waals surface area contributed by atoms with E-state index in [-0.39, 0.29) is 5.41 Å². The van der Waals surface area contributed by atoms with Gasteiger partial charge in [0.2, 0.25) is 0 Å². The van der Waals surface area contributed by atoms with Crippen molar-refractivity contribution in [2.75, 3.05) is 0 Å². The summed E-state index contributed by atoms with van der Waals surface area (Å²) in [7, 11) is 0. The van der Waals surface area contributed by atoms with Crippen molar-refractivity contribution in [3.63, 3.8) is 0 Å². The van der Waals surface area contributed by atoms with Crippen LogP contribution in [0.3, 0.4) is 0 Å². The molecule has 0 saturated heterocycles. The van der Waals surface area contributed by atoms with Crippen molar-refractivity contribution in [1.29, 1.82) is 0 Å². The average Bonchev–Trinajstić information content (AvgIpc) is 3.77. The van der Waals surface area contributed by atoms with E-state index in [9.17, 15) is 0 Å². The number of hydrogen-bond donors (Lipinski definition) is 0. The Hall–Kier alpha value is -7.76. The van der Waals surface area contributed by atoms with Gasteiger partial charge in [-0.05, 0) is 76.3 Å².